The smallest absolute Gasteiger partial charge is 0.122 e. The zero-order chi connectivity index (χ0) is 12.0. The Kier molecular flexibility index (Phi) is 5.33. The van der Waals surface area contributed by atoms with E-state index < -0.39 is 0 Å². The molecule has 2 heteroatoms. The monoisotopic (exact) mass is 221 g/mol. The number of methoxy groups -OCH3 is 1. The number of benzene rings is 1. The number of ether oxygens (including phenoxy) is 1. The number of hydrogen-bond acceptors (Lipinski definition) is 2. The van der Waals surface area contributed by atoms with E-state index >= 15 is 0 Å². The van der Waals surface area contributed by atoms with Crippen molar-refractivity contribution in [1.82, 2.24) is 0 Å². The van der Waals surface area contributed by atoms with Crippen LogP contribution in [0.3, 0.4) is 0 Å². The van der Waals surface area contributed by atoms with E-state index in [0.717, 1.165) is 25.0 Å². The largest absolute Gasteiger partial charge is 0.496 e. The molecule has 2 nitrogen and oxygen atoms in total. The number of rotatable bonds is 6. The minimum Gasteiger partial charge on any atom is -0.496 e. The van der Waals surface area contributed by atoms with E-state index in [0.29, 0.717) is 12.0 Å². The molecule has 0 fully saturated rings. The van der Waals surface area contributed by atoms with Crippen LogP contribution in [0, 0.1) is 0 Å². The zero-order valence-corrected chi connectivity index (χ0v) is 10.6. The molecule has 2 atom stereocenters. The van der Waals surface area contributed by atoms with E-state index in [2.05, 4.69) is 26.0 Å². The Morgan fingerprint density at radius 1 is 1.25 bits per heavy atom. The first-order valence-electron chi connectivity index (χ1n) is 6.07. The molecule has 0 saturated heterocycles. The molecule has 0 aliphatic heterocycles. The second-order valence-electron chi connectivity index (χ2n) is 4.39. The summed E-state index contributed by atoms with van der Waals surface area (Å²) in [6.07, 6.45) is 3.25. The quantitative estimate of drug-likeness (QED) is 0.799. The van der Waals surface area contributed by atoms with Gasteiger partial charge in [0.05, 0.1) is 7.11 Å². The Morgan fingerprint density at radius 3 is 2.56 bits per heavy atom. The van der Waals surface area contributed by atoms with Crippen molar-refractivity contribution in [2.75, 3.05) is 7.11 Å². The highest BCUT2D eigenvalue weighted by Gasteiger charge is 2.11. The summed E-state index contributed by atoms with van der Waals surface area (Å²) in [7, 11) is 1.73. The minimum absolute atomic E-state index is 0.331. The fraction of sp³-hybridized carbons (Fsp3) is 0.571. The third kappa shape index (κ3) is 3.53. The molecule has 0 heterocycles. The molecule has 0 saturated carbocycles. The maximum atomic E-state index is 5.94. The third-order valence-electron chi connectivity index (χ3n) is 3.16. The molecule has 0 aromatic heterocycles. The van der Waals surface area contributed by atoms with Gasteiger partial charge in [-0.1, -0.05) is 32.0 Å². The summed E-state index contributed by atoms with van der Waals surface area (Å²) >= 11 is 0. The number of nitrogens with two attached hydrogens (primary N) is 1. The molecule has 0 bridgehead atoms. The highest BCUT2D eigenvalue weighted by Crippen LogP contribution is 2.29. The lowest BCUT2D eigenvalue weighted by molar-refractivity contribution is 0.403. The van der Waals surface area contributed by atoms with E-state index in [4.69, 9.17) is 10.5 Å². The predicted molar refractivity (Wildman–Crippen MR) is 68.9 cm³/mol. The summed E-state index contributed by atoms with van der Waals surface area (Å²) in [5, 5.41) is 0. The highest BCUT2D eigenvalue weighted by atomic mass is 16.5. The molecular formula is C14H23NO. The molecule has 0 spiro atoms. The standard InChI is InChI=1S/C14H23NO/c1-4-12(15)10-9-11(2)13-7-5-6-8-14(13)16-3/h5-8,11-12H,4,9-10,15H2,1-3H3. The van der Waals surface area contributed by atoms with E-state index in [1.54, 1.807) is 7.11 Å². The topological polar surface area (TPSA) is 35.2 Å². The summed E-state index contributed by atoms with van der Waals surface area (Å²) in [5.74, 6) is 1.49. The molecule has 16 heavy (non-hydrogen) atoms. The van der Waals surface area contributed by atoms with Crippen molar-refractivity contribution < 1.29 is 4.74 Å². The summed E-state index contributed by atoms with van der Waals surface area (Å²) in [6, 6.07) is 8.56. The summed E-state index contributed by atoms with van der Waals surface area (Å²) in [6.45, 7) is 4.37. The maximum absolute atomic E-state index is 5.94. The average molecular weight is 221 g/mol. The van der Waals surface area contributed by atoms with Gasteiger partial charge in [0.25, 0.3) is 0 Å². The van der Waals surface area contributed by atoms with E-state index in [-0.39, 0.29) is 0 Å². The summed E-state index contributed by atoms with van der Waals surface area (Å²) in [4.78, 5) is 0. The maximum Gasteiger partial charge on any atom is 0.122 e. The predicted octanol–water partition coefficient (Wildman–Crippen LogP) is 3.32. The van der Waals surface area contributed by atoms with Crippen LogP contribution in [0.1, 0.15) is 44.6 Å². The van der Waals surface area contributed by atoms with Crippen molar-refractivity contribution >= 4 is 0 Å². The molecule has 2 unspecified atom stereocenters. The summed E-state index contributed by atoms with van der Waals surface area (Å²) in [5.41, 5.74) is 7.22. The van der Waals surface area contributed by atoms with Gasteiger partial charge in [-0.05, 0) is 36.8 Å². The minimum atomic E-state index is 0.331. The van der Waals surface area contributed by atoms with E-state index in [1.165, 1.54) is 5.56 Å². The van der Waals surface area contributed by atoms with Gasteiger partial charge in [-0.2, -0.15) is 0 Å². The first-order valence-corrected chi connectivity index (χ1v) is 6.07. The zero-order valence-electron chi connectivity index (χ0n) is 10.6. The molecule has 1 aromatic rings. The second-order valence-corrected chi connectivity index (χ2v) is 4.39. The van der Waals surface area contributed by atoms with Crippen LogP contribution in [-0.4, -0.2) is 13.2 Å². The Morgan fingerprint density at radius 2 is 1.94 bits per heavy atom. The SMILES string of the molecule is CCC(N)CCC(C)c1ccccc1OC. The molecular weight excluding hydrogens is 198 g/mol. The lowest BCUT2D eigenvalue weighted by Crippen LogP contribution is -2.19. The van der Waals surface area contributed by atoms with Crippen LogP contribution in [0.15, 0.2) is 24.3 Å². The van der Waals surface area contributed by atoms with Crippen LogP contribution in [0.25, 0.3) is 0 Å². The summed E-state index contributed by atoms with van der Waals surface area (Å²) < 4.78 is 5.37. The van der Waals surface area contributed by atoms with E-state index in [1.807, 2.05) is 12.1 Å². The first-order chi connectivity index (χ1) is 7.69. The molecule has 0 radical (unpaired) electrons. The number of hydrogen-bond donors (Lipinski definition) is 1. The Labute approximate surface area is 98.8 Å². The number of para-hydroxylation sites is 1. The van der Waals surface area contributed by atoms with Gasteiger partial charge >= 0.3 is 0 Å². The fourth-order valence-electron chi connectivity index (χ4n) is 1.90. The second kappa shape index (κ2) is 6.54. The van der Waals surface area contributed by atoms with Crippen molar-refractivity contribution in [2.24, 2.45) is 5.73 Å². The van der Waals surface area contributed by atoms with Gasteiger partial charge in [-0.15, -0.1) is 0 Å². The molecule has 0 amide bonds. The van der Waals surface area contributed by atoms with Crippen molar-refractivity contribution in [3.8, 4) is 5.75 Å². The Bertz CT molecular complexity index is 311. The lowest BCUT2D eigenvalue weighted by Gasteiger charge is -2.17. The van der Waals surface area contributed by atoms with Crippen LogP contribution in [0.5, 0.6) is 5.75 Å². The van der Waals surface area contributed by atoms with Crippen LogP contribution in [0.4, 0.5) is 0 Å². The molecule has 1 aromatic carbocycles. The Balaban J connectivity index is 2.61. The van der Waals surface area contributed by atoms with Gasteiger partial charge in [0.1, 0.15) is 5.75 Å². The van der Waals surface area contributed by atoms with Gasteiger partial charge < -0.3 is 10.5 Å². The van der Waals surface area contributed by atoms with Crippen LogP contribution < -0.4 is 10.5 Å². The van der Waals surface area contributed by atoms with Gasteiger partial charge in [0, 0.05) is 6.04 Å². The van der Waals surface area contributed by atoms with Crippen LogP contribution in [-0.2, 0) is 0 Å². The van der Waals surface area contributed by atoms with Gasteiger partial charge in [0.2, 0.25) is 0 Å². The fourth-order valence-corrected chi connectivity index (χ4v) is 1.90. The first kappa shape index (κ1) is 13.0. The van der Waals surface area contributed by atoms with Crippen LogP contribution >= 0.6 is 0 Å². The van der Waals surface area contributed by atoms with Crippen LogP contribution in [0.2, 0.25) is 0 Å². The molecule has 0 aliphatic rings. The molecule has 90 valence electrons. The van der Waals surface area contributed by atoms with Crippen molar-refractivity contribution in [2.45, 2.75) is 45.1 Å². The molecule has 2 N–H and O–H groups in total. The lowest BCUT2D eigenvalue weighted by atomic mass is 9.93. The molecule has 1 rings (SSSR count). The third-order valence-corrected chi connectivity index (χ3v) is 3.16. The van der Waals surface area contributed by atoms with Crippen molar-refractivity contribution in [3.63, 3.8) is 0 Å². The van der Waals surface area contributed by atoms with E-state index in [9.17, 15) is 0 Å². The van der Waals surface area contributed by atoms with Gasteiger partial charge in [-0.3, -0.25) is 0 Å². The average Bonchev–Trinajstić information content (AvgIpc) is 2.35. The normalized spacial score (nSPS) is 14.5. The van der Waals surface area contributed by atoms with Crippen molar-refractivity contribution in [3.05, 3.63) is 29.8 Å². The Hall–Kier alpha value is -1.02. The highest BCUT2D eigenvalue weighted by molar-refractivity contribution is 5.35. The molecule has 0 aliphatic carbocycles. The van der Waals surface area contributed by atoms with Gasteiger partial charge in [0.15, 0.2) is 0 Å². The van der Waals surface area contributed by atoms with Crippen molar-refractivity contribution in [1.29, 1.82) is 0 Å². The van der Waals surface area contributed by atoms with Gasteiger partial charge in [-0.25, -0.2) is 0 Å².